The van der Waals surface area contributed by atoms with Crippen molar-refractivity contribution in [2.45, 2.75) is 71.6 Å². The van der Waals surface area contributed by atoms with E-state index in [1.54, 1.807) is 6.92 Å². The summed E-state index contributed by atoms with van der Waals surface area (Å²) in [5.41, 5.74) is -0.727. The molecule has 2 N–H and O–H groups in total. The number of aliphatic hydroxyl groups is 2. The van der Waals surface area contributed by atoms with Crippen LogP contribution in [0.2, 0.25) is 0 Å². The van der Waals surface area contributed by atoms with E-state index in [4.69, 9.17) is 14.9 Å². The van der Waals surface area contributed by atoms with Crippen LogP contribution in [0.1, 0.15) is 71.6 Å². The van der Waals surface area contributed by atoms with Gasteiger partial charge >= 0.3 is 5.97 Å². The number of rotatable bonds is 13. The van der Waals surface area contributed by atoms with Gasteiger partial charge in [0.2, 0.25) is 0 Å². The smallest absolute Gasteiger partial charge is 0.305 e. The number of unbranched alkanes of at least 4 members (excludes halogenated alkanes) is 7. The Morgan fingerprint density at radius 2 is 1.45 bits per heavy atom. The van der Waals surface area contributed by atoms with Gasteiger partial charge in [-0.1, -0.05) is 58.8 Å². The van der Waals surface area contributed by atoms with E-state index in [0.717, 1.165) is 12.8 Å². The van der Waals surface area contributed by atoms with Gasteiger partial charge in [0.1, 0.15) is 6.61 Å². The Bertz CT molecular complexity index is 237. The molecule has 4 heteroatoms. The van der Waals surface area contributed by atoms with Crippen LogP contribution in [0, 0.1) is 5.41 Å². The van der Waals surface area contributed by atoms with Crippen LogP contribution >= 0.6 is 0 Å². The fourth-order valence-corrected chi connectivity index (χ4v) is 1.87. The van der Waals surface area contributed by atoms with E-state index in [-0.39, 0.29) is 25.8 Å². The molecule has 0 bridgehead atoms. The third-order valence-electron chi connectivity index (χ3n) is 3.58. The van der Waals surface area contributed by atoms with Gasteiger partial charge in [0.25, 0.3) is 0 Å². The van der Waals surface area contributed by atoms with Crippen molar-refractivity contribution >= 4 is 5.97 Å². The zero-order chi connectivity index (χ0) is 15.3. The highest BCUT2D eigenvalue weighted by molar-refractivity contribution is 5.69. The summed E-state index contributed by atoms with van der Waals surface area (Å²) >= 11 is 0. The third-order valence-corrected chi connectivity index (χ3v) is 3.58. The molecule has 0 heterocycles. The second-order valence-corrected chi connectivity index (χ2v) is 6.01. The molecule has 0 saturated carbocycles. The van der Waals surface area contributed by atoms with Crippen molar-refractivity contribution in [3.63, 3.8) is 0 Å². The Balaban J connectivity index is 3.45. The second kappa shape index (κ2) is 12.2. The molecule has 0 spiro atoms. The van der Waals surface area contributed by atoms with E-state index >= 15 is 0 Å². The maximum atomic E-state index is 11.5. The predicted octanol–water partition coefficient (Wildman–Crippen LogP) is 3.05. The highest BCUT2D eigenvalue weighted by Crippen LogP contribution is 2.15. The number of carbonyl (C=O) groups excluding carboxylic acids is 1. The molecule has 0 aliphatic carbocycles. The van der Waals surface area contributed by atoms with E-state index in [2.05, 4.69) is 6.92 Å². The van der Waals surface area contributed by atoms with Gasteiger partial charge in [-0.15, -0.1) is 0 Å². The molecule has 0 radical (unpaired) electrons. The molecule has 0 fully saturated rings. The van der Waals surface area contributed by atoms with Crippen LogP contribution in [0.15, 0.2) is 0 Å². The first-order chi connectivity index (χ1) is 9.58. The van der Waals surface area contributed by atoms with E-state index in [0.29, 0.717) is 6.42 Å². The lowest BCUT2D eigenvalue weighted by atomic mass is 9.94. The molecule has 120 valence electrons. The summed E-state index contributed by atoms with van der Waals surface area (Å²) in [5, 5.41) is 18.2. The maximum absolute atomic E-state index is 11.5. The average molecular weight is 288 g/mol. The summed E-state index contributed by atoms with van der Waals surface area (Å²) in [4.78, 5) is 11.5. The van der Waals surface area contributed by atoms with Crippen LogP contribution in [0.4, 0.5) is 0 Å². The fourth-order valence-electron chi connectivity index (χ4n) is 1.87. The maximum Gasteiger partial charge on any atom is 0.305 e. The molecule has 4 nitrogen and oxygen atoms in total. The van der Waals surface area contributed by atoms with Gasteiger partial charge in [0.15, 0.2) is 0 Å². The summed E-state index contributed by atoms with van der Waals surface area (Å²) in [6, 6.07) is 0. The Kier molecular flexibility index (Phi) is 11.8. The van der Waals surface area contributed by atoms with Crippen LogP contribution in [-0.4, -0.2) is 36.0 Å². The highest BCUT2D eigenvalue weighted by atomic mass is 16.5. The summed E-state index contributed by atoms with van der Waals surface area (Å²) in [7, 11) is 0. The SMILES string of the molecule is CCCCCCCCCCC(=O)OCC(C)(CO)CO. The van der Waals surface area contributed by atoms with Crippen molar-refractivity contribution in [1.82, 2.24) is 0 Å². The van der Waals surface area contributed by atoms with Gasteiger partial charge in [-0.05, 0) is 6.42 Å². The van der Waals surface area contributed by atoms with Gasteiger partial charge in [0, 0.05) is 11.8 Å². The molecule has 0 aromatic heterocycles. The first-order valence-electron chi connectivity index (χ1n) is 7.95. The van der Waals surface area contributed by atoms with Gasteiger partial charge in [-0.25, -0.2) is 0 Å². The Labute approximate surface area is 123 Å². The van der Waals surface area contributed by atoms with Crippen molar-refractivity contribution in [2.75, 3.05) is 19.8 Å². The molecular formula is C16H32O4. The van der Waals surface area contributed by atoms with E-state index in [1.807, 2.05) is 0 Å². The lowest BCUT2D eigenvalue weighted by Gasteiger charge is -2.23. The summed E-state index contributed by atoms with van der Waals surface area (Å²) in [5.74, 6) is -0.232. The molecule has 0 saturated heterocycles. The lowest BCUT2D eigenvalue weighted by molar-refractivity contribution is -0.149. The van der Waals surface area contributed by atoms with Crippen LogP contribution in [-0.2, 0) is 9.53 Å². The largest absolute Gasteiger partial charge is 0.465 e. The normalized spacial score (nSPS) is 11.6. The molecule has 0 aliphatic heterocycles. The van der Waals surface area contributed by atoms with Crippen LogP contribution in [0.25, 0.3) is 0 Å². The Hall–Kier alpha value is -0.610. The Morgan fingerprint density at radius 3 is 1.95 bits per heavy atom. The van der Waals surface area contributed by atoms with E-state index in [1.165, 1.54) is 38.5 Å². The van der Waals surface area contributed by atoms with Gasteiger partial charge in [-0.3, -0.25) is 4.79 Å². The number of hydrogen-bond donors (Lipinski definition) is 2. The van der Waals surface area contributed by atoms with Gasteiger partial charge in [-0.2, -0.15) is 0 Å². The molecule has 0 aromatic rings. The minimum atomic E-state index is -0.727. The minimum Gasteiger partial charge on any atom is -0.465 e. The van der Waals surface area contributed by atoms with Gasteiger partial charge < -0.3 is 14.9 Å². The minimum absolute atomic E-state index is 0.0792. The third kappa shape index (κ3) is 10.2. The summed E-state index contributed by atoms with van der Waals surface area (Å²) < 4.78 is 5.09. The first kappa shape index (κ1) is 19.4. The number of esters is 1. The first-order valence-corrected chi connectivity index (χ1v) is 7.95. The van der Waals surface area contributed by atoms with E-state index < -0.39 is 5.41 Å². The molecule has 0 unspecified atom stereocenters. The topological polar surface area (TPSA) is 66.8 Å². The van der Waals surface area contributed by atoms with Crippen molar-refractivity contribution in [2.24, 2.45) is 5.41 Å². The second-order valence-electron chi connectivity index (χ2n) is 6.01. The van der Waals surface area contributed by atoms with Crippen molar-refractivity contribution in [1.29, 1.82) is 0 Å². The lowest BCUT2D eigenvalue weighted by Crippen LogP contribution is -2.32. The van der Waals surface area contributed by atoms with Crippen molar-refractivity contribution < 1.29 is 19.7 Å². The van der Waals surface area contributed by atoms with Crippen molar-refractivity contribution in [3.05, 3.63) is 0 Å². The van der Waals surface area contributed by atoms with Crippen molar-refractivity contribution in [3.8, 4) is 0 Å². The van der Waals surface area contributed by atoms with E-state index in [9.17, 15) is 4.79 Å². The summed E-state index contributed by atoms with van der Waals surface area (Å²) in [6.45, 7) is 3.61. The number of hydrogen-bond acceptors (Lipinski definition) is 4. The molecule has 0 rings (SSSR count). The summed E-state index contributed by atoms with van der Waals surface area (Å²) in [6.07, 6.45) is 10.0. The number of aliphatic hydroxyl groups excluding tert-OH is 2. The fraction of sp³-hybridized carbons (Fsp3) is 0.938. The highest BCUT2D eigenvalue weighted by Gasteiger charge is 2.24. The Morgan fingerprint density at radius 1 is 0.950 bits per heavy atom. The molecule has 0 amide bonds. The molecule has 0 aromatic carbocycles. The number of ether oxygens (including phenoxy) is 1. The molecular weight excluding hydrogens is 256 g/mol. The standard InChI is InChI=1S/C16H32O4/c1-3-4-5-6-7-8-9-10-11-15(19)20-14-16(2,12-17)13-18/h17-18H,3-14H2,1-2H3. The zero-order valence-electron chi connectivity index (χ0n) is 13.2. The van der Waals surface area contributed by atoms with Gasteiger partial charge in [0.05, 0.1) is 13.2 Å². The molecule has 0 aliphatic rings. The quantitative estimate of drug-likeness (QED) is 0.404. The average Bonchev–Trinajstić information content (AvgIpc) is 2.47. The zero-order valence-corrected chi connectivity index (χ0v) is 13.2. The predicted molar refractivity (Wildman–Crippen MR) is 80.5 cm³/mol. The molecule has 20 heavy (non-hydrogen) atoms. The monoisotopic (exact) mass is 288 g/mol. The number of carbonyl (C=O) groups is 1. The van der Waals surface area contributed by atoms with Crippen LogP contribution < -0.4 is 0 Å². The van der Waals surface area contributed by atoms with Crippen LogP contribution in [0.3, 0.4) is 0 Å². The van der Waals surface area contributed by atoms with Crippen LogP contribution in [0.5, 0.6) is 0 Å². The molecule has 0 atom stereocenters.